The molecule has 4 heteroatoms. The third-order valence-electron chi connectivity index (χ3n) is 4.40. The fraction of sp³-hybridized carbons (Fsp3) is 0.182. The second kappa shape index (κ2) is 8.48. The van der Waals surface area contributed by atoms with Gasteiger partial charge in [-0.2, -0.15) is 0 Å². The fourth-order valence-corrected chi connectivity index (χ4v) is 3.15. The van der Waals surface area contributed by atoms with E-state index >= 15 is 0 Å². The summed E-state index contributed by atoms with van der Waals surface area (Å²) in [6, 6.07) is 19.8. The number of hydrogen-bond acceptors (Lipinski definition) is 2. The summed E-state index contributed by atoms with van der Waals surface area (Å²) in [4.78, 5) is 0. The summed E-state index contributed by atoms with van der Waals surface area (Å²) in [5.41, 5.74) is 5.79. The Balaban J connectivity index is 1.63. The quantitative estimate of drug-likeness (QED) is 0.503. The highest BCUT2D eigenvalue weighted by Crippen LogP contribution is 2.24. The summed E-state index contributed by atoms with van der Waals surface area (Å²) in [6.07, 6.45) is 0. The molecule has 0 atom stereocenters. The maximum absolute atomic E-state index is 6.20. The molecule has 0 unspecified atom stereocenters. The van der Waals surface area contributed by atoms with Crippen molar-refractivity contribution in [3.05, 3.63) is 93.0 Å². The lowest BCUT2D eigenvalue weighted by atomic mass is 10.1. The number of halogens is 2. The minimum absolute atomic E-state index is 0.407. The standard InChI is InChI=1S/C22H21Cl2NO/c1-15-5-3-8-22(16(15)2)25-13-17-6-4-7-20(11-17)26-14-18-9-10-19(23)12-21(18)24/h3-12,25H,13-14H2,1-2H3. The monoisotopic (exact) mass is 385 g/mol. The van der Waals surface area contributed by atoms with Crippen LogP contribution in [-0.4, -0.2) is 0 Å². The second-order valence-corrected chi connectivity index (χ2v) is 7.12. The van der Waals surface area contributed by atoms with Crippen molar-refractivity contribution in [2.24, 2.45) is 0 Å². The van der Waals surface area contributed by atoms with E-state index in [2.05, 4.69) is 43.4 Å². The molecule has 1 N–H and O–H groups in total. The van der Waals surface area contributed by atoms with Gasteiger partial charge in [0.05, 0.1) is 0 Å². The van der Waals surface area contributed by atoms with Crippen molar-refractivity contribution in [3.8, 4) is 5.75 Å². The number of aryl methyl sites for hydroxylation is 1. The average Bonchev–Trinajstić information content (AvgIpc) is 2.63. The van der Waals surface area contributed by atoms with Crippen LogP contribution in [-0.2, 0) is 13.2 Å². The van der Waals surface area contributed by atoms with Crippen LogP contribution in [0.4, 0.5) is 5.69 Å². The lowest BCUT2D eigenvalue weighted by molar-refractivity contribution is 0.306. The first-order valence-electron chi connectivity index (χ1n) is 8.48. The van der Waals surface area contributed by atoms with E-state index in [1.165, 1.54) is 11.1 Å². The molecule has 0 heterocycles. The predicted molar refractivity (Wildman–Crippen MR) is 110 cm³/mol. The van der Waals surface area contributed by atoms with Crippen molar-refractivity contribution < 1.29 is 4.74 Å². The molecule has 134 valence electrons. The molecule has 0 fully saturated rings. The summed E-state index contributed by atoms with van der Waals surface area (Å²) >= 11 is 12.1. The van der Waals surface area contributed by atoms with Gasteiger partial charge in [-0.1, -0.05) is 53.5 Å². The van der Waals surface area contributed by atoms with Gasteiger partial charge in [-0.3, -0.25) is 0 Å². The first-order valence-corrected chi connectivity index (χ1v) is 9.24. The minimum atomic E-state index is 0.407. The molecule has 3 aromatic carbocycles. The average molecular weight is 386 g/mol. The first-order chi connectivity index (χ1) is 12.5. The number of benzene rings is 3. The molecule has 0 radical (unpaired) electrons. The molecule has 0 aliphatic carbocycles. The van der Waals surface area contributed by atoms with Crippen LogP contribution in [0.2, 0.25) is 10.0 Å². The Morgan fingerprint density at radius 2 is 1.73 bits per heavy atom. The smallest absolute Gasteiger partial charge is 0.120 e. The van der Waals surface area contributed by atoms with Crippen LogP contribution in [0.15, 0.2) is 60.7 Å². The summed E-state index contributed by atoms with van der Waals surface area (Å²) < 4.78 is 5.89. The highest BCUT2D eigenvalue weighted by molar-refractivity contribution is 6.35. The van der Waals surface area contributed by atoms with Crippen molar-refractivity contribution in [2.45, 2.75) is 27.0 Å². The number of nitrogens with one attached hydrogen (secondary N) is 1. The van der Waals surface area contributed by atoms with Crippen LogP contribution >= 0.6 is 23.2 Å². The van der Waals surface area contributed by atoms with E-state index in [4.69, 9.17) is 27.9 Å². The van der Waals surface area contributed by atoms with Gasteiger partial charge in [0.2, 0.25) is 0 Å². The van der Waals surface area contributed by atoms with Crippen molar-refractivity contribution in [3.63, 3.8) is 0 Å². The zero-order chi connectivity index (χ0) is 18.5. The van der Waals surface area contributed by atoms with Crippen molar-refractivity contribution in [2.75, 3.05) is 5.32 Å². The molecule has 0 spiro atoms. The van der Waals surface area contributed by atoms with Gasteiger partial charge < -0.3 is 10.1 Å². The van der Waals surface area contributed by atoms with Crippen molar-refractivity contribution in [1.29, 1.82) is 0 Å². The van der Waals surface area contributed by atoms with Gasteiger partial charge in [0, 0.05) is 27.8 Å². The zero-order valence-electron chi connectivity index (χ0n) is 14.9. The molecule has 0 amide bonds. The zero-order valence-corrected chi connectivity index (χ0v) is 16.4. The van der Waals surface area contributed by atoms with Crippen molar-refractivity contribution in [1.82, 2.24) is 0 Å². The Hall–Kier alpha value is -2.16. The second-order valence-electron chi connectivity index (χ2n) is 6.27. The Labute approximate surface area is 164 Å². The highest BCUT2D eigenvalue weighted by Gasteiger charge is 2.04. The maximum Gasteiger partial charge on any atom is 0.120 e. The Morgan fingerprint density at radius 3 is 2.54 bits per heavy atom. The molecular formula is C22H21Cl2NO. The highest BCUT2D eigenvalue weighted by atomic mass is 35.5. The van der Waals surface area contributed by atoms with Gasteiger partial charge in [-0.05, 0) is 60.9 Å². The van der Waals surface area contributed by atoms with Gasteiger partial charge in [0.1, 0.15) is 12.4 Å². The number of rotatable bonds is 6. The molecule has 0 saturated heterocycles. The largest absolute Gasteiger partial charge is 0.489 e. The number of ether oxygens (including phenoxy) is 1. The third kappa shape index (κ3) is 4.72. The van der Waals surface area contributed by atoms with E-state index in [-0.39, 0.29) is 0 Å². The van der Waals surface area contributed by atoms with E-state index < -0.39 is 0 Å². The van der Waals surface area contributed by atoms with E-state index in [0.717, 1.165) is 29.1 Å². The van der Waals surface area contributed by atoms with Crippen LogP contribution in [0.1, 0.15) is 22.3 Å². The van der Waals surface area contributed by atoms with E-state index in [9.17, 15) is 0 Å². The van der Waals surface area contributed by atoms with Gasteiger partial charge in [0.15, 0.2) is 0 Å². The van der Waals surface area contributed by atoms with Crippen LogP contribution in [0.3, 0.4) is 0 Å². The first kappa shape index (κ1) is 18.6. The van der Waals surface area contributed by atoms with E-state index in [1.54, 1.807) is 6.07 Å². The van der Waals surface area contributed by atoms with Crippen LogP contribution in [0, 0.1) is 13.8 Å². The lowest BCUT2D eigenvalue weighted by Gasteiger charge is -2.13. The molecule has 0 saturated carbocycles. The number of hydrogen-bond donors (Lipinski definition) is 1. The van der Waals surface area contributed by atoms with Gasteiger partial charge in [-0.25, -0.2) is 0 Å². The Bertz CT molecular complexity index is 908. The van der Waals surface area contributed by atoms with Crippen molar-refractivity contribution >= 4 is 28.9 Å². The molecule has 26 heavy (non-hydrogen) atoms. The maximum atomic E-state index is 6.20. The molecule has 2 nitrogen and oxygen atoms in total. The number of anilines is 1. The fourth-order valence-electron chi connectivity index (χ4n) is 2.68. The molecule has 3 aromatic rings. The summed E-state index contributed by atoms with van der Waals surface area (Å²) in [5.74, 6) is 0.816. The Kier molecular flexibility index (Phi) is 6.08. The lowest BCUT2D eigenvalue weighted by Crippen LogP contribution is -2.02. The molecule has 0 aliphatic heterocycles. The van der Waals surface area contributed by atoms with E-state index in [0.29, 0.717) is 16.7 Å². The predicted octanol–water partition coefficient (Wildman–Crippen LogP) is 6.80. The molecule has 0 aliphatic rings. The van der Waals surface area contributed by atoms with Gasteiger partial charge >= 0.3 is 0 Å². The summed E-state index contributed by atoms with van der Waals surface area (Å²) in [5, 5.41) is 4.73. The van der Waals surface area contributed by atoms with Crippen LogP contribution in [0.25, 0.3) is 0 Å². The SMILES string of the molecule is Cc1cccc(NCc2cccc(OCc3ccc(Cl)cc3Cl)c2)c1C. The molecular weight excluding hydrogens is 365 g/mol. The third-order valence-corrected chi connectivity index (χ3v) is 4.98. The summed E-state index contributed by atoms with van der Waals surface area (Å²) in [6.45, 7) is 5.40. The van der Waals surface area contributed by atoms with Crippen LogP contribution < -0.4 is 10.1 Å². The molecule has 3 rings (SSSR count). The molecule has 0 bridgehead atoms. The van der Waals surface area contributed by atoms with E-state index in [1.807, 2.05) is 30.3 Å². The normalized spacial score (nSPS) is 10.6. The minimum Gasteiger partial charge on any atom is -0.489 e. The molecule has 0 aromatic heterocycles. The topological polar surface area (TPSA) is 21.3 Å². The van der Waals surface area contributed by atoms with Gasteiger partial charge in [0.25, 0.3) is 0 Å². The summed E-state index contributed by atoms with van der Waals surface area (Å²) in [7, 11) is 0. The Morgan fingerprint density at radius 1 is 0.923 bits per heavy atom. The van der Waals surface area contributed by atoms with Gasteiger partial charge in [-0.15, -0.1) is 0 Å². The van der Waals surface area contributed by atoms with Crippen LogP contribution in [0.5, 0.6) is 5.75 Å².